The smallest absolute Gasteiger partial charge is 0.329 e. The van der Waals surface area contributed by atoms with Gasteiger partial charge in [0.1, 0.15) is 11.8 Å². The molecule has 1 aliphatic rings. The lowest BCUT2D eigenvalue weighted by Gasteiger charge is -2.40. The highest BCUT2D eigenvalue weighted by Crippen LogP contribution is 2.23. The Hall–Kier alpha value is -2.24. The summed E-state index contributed by atoms with van der Waals surface area (Å²) in [5.74, 6) is -4.08. The minimum atomic E-state index is -4.04. The van der Waals surface area contributed by atoms with Crippen molar-refractivity contribution in [1.29, 1.82) is 0 Å². The van der Waals surface area contributed by atoms with Gasteiger partial charge in [-0.3, -0.25) is 19.7 Å². The van der Waals surface area contributed by atoms with Gasteiger partial charge in [0.05, 0.1) is 26.0 Å². The second-order valence-electron chi connectivity index (χ2n) is 5.83. The van der Waals surface area contributed by atoms with Crippen LogP contribution >= 0.6 is 0 Å². The average Bonchev–Trinajstić information content (AvgIpc) is 2.40. The van der Waals surface area contributed by atoms with Gasteiger partial charge in [-0.2, -0.15) is 0 Å². The van der Waals surface area contributed by atoms with Crippen molar-refractivity contribution in [3.05, 3.63) is 10.1 Å². The Kier molecular flexibility index (Phi) is 5.87. The number of sulfone groups is 1. The lowest BCUT2D eigenvalue weighted by atomic mass is 9.93. The summed E-state index contributed by atoms with van der Waals surface area (Å²) < 4.78 is 28.5. The van der Waals surface area contributed by atoms with E-state index in [1.807, 2.05) is 0 Å². The normalized spacial score (nSPS) is 17.4. The van der Waals surface area contributed by atoms with E-state index in [2.05, 4.69) is 10.1 Å². The van der Waals surface area contributed by atoms with Gasteiger partial charge in [-0.25, -0.2) is 13.2 Å². The summed E-state index contributed by atoms with van der Waals surface area (Å²) in [6.45, 7) is 2.10. The minimum absolute atomic E-state index is 0.180. The number of ether oxygens (including phenoxy) is 1. The van der Waals surface area contributed by atoms with Gasteiger partial charge in [0.2, 0.25) is 11.8 Å². The molecule has 1 saturated heterocycles. The van der Waals surface area contributed by atoms with E-state index in [9.17, 15) is 32.9 Å². The number of nitro groups is 1. The molecular weight excluding hydrogens is 346 g/mol. The molecule has 0 radical (unpaired) electrons. The van der Waals surface area contributed by atoms with Crippen LogP contribution < -0.4 is 5.32 Å². The molecular formula is C12H19N3O8S. The molecule has 2 amide bonds. The topological polar surface area (TPSA) is 153 Å². The van der Waals surface area contributed by atoms with E-state index in [0.29, 0.717) is 0 Å². The summed E-state index contributed by atoms with van der Waals surface area (Å²) in [4.78, 5) is 45.8. The first-order valence-corrected chi connectivity index (χ1v) is 8.70. The van der Waals surface area contributed by atoms with E-state index in [1.165, 1.54) is 6.92 Å². The Labute approximate surface area is 138 Å². The van der Waals surface area contributed by atoms with E-state index < -0.39 is 55.6 Å². The summed E-state index contributed by atoms with van der Waals surface area (Å²) in [5, 5.41) is 12.9. The molecule has 0 bridgehead atoms. The van der Waals surface area contributed by atoms with Crippen LogP contribution in [0.25, 0.3) is 0 Å². The average molecular weight is 365 g/mol. The lowest BCUT2D eigenvalue weighted by Crippen LogP contribution is -2.66. The Bertz CT molecular complexity index is 653. The number of hydrogen-bond acceptors (Lipinski definition) is 8. The van der Waals surface area contributed by atoms with Crippen LogP contribution in [0.2, 0.25) is 0 Å². The maximum atomic E-state index is 12.1. The predicted octanol–water partition coefficient (Wildman–Crippen LogP) is -2.04. The summed E-state index contributed by atoms with van der Waals surface area (Å²) in [6.07, 6.45) is 0. The van der Waals surface area contributed by atoms with Gasteiger partial charge in [0.25, 0.3) is 5.54 Å². The van der Waals surface area contributed by atoms with Crippen molar-refractivity contribution in [2.45, 2.75) is 25.4 Å². The number of nitrogens with one attached hydrogen (secondary N) is 1. The largest absolute Gasteiger partial charge is 0.467 e. The lowest BCUT2D eigenvalue weighted by molar-refractivity contribution is -0.581. The summed E-state index contributed by atoms with van der Waals surface area (Å²) >= 11 is 0. The van der Waals surface area contributed by atoms with Crippen LogP contribution in [0.3, 0.4) is 0 Å². The number of carbonyl (C=O) groups is 3. The molecule has 24 heavy (non-hydrogen) atoms. The molecule has 0 spiro atoms. The third-order valence-electron chi connectivity index (χ3n) is 3.48. The number of hydrogen-bond donors (Lipinski definition) is 1. The Morgan fingerprint density at radius 1 is 1.38 bits per heavy atom. The van der Waals surface area contributed by atoms with E-state index in [1.54, 1.807) is 0 Å². The van der Waals surface area contributed by atoms with Crippen molar-refractivity contribution in [3.8, 4) is 0 Å². The first-order chi connectivity index (χ1) is 10.9. The van der Waals surface area contributed by atoms with Crippen molar-refractivity contribution in [3.63, 3.8) is 0 Å². The van der Waals surface area contributed by atoms with E-state index in [-0.39, 0.29) is 13.1 Å². The van der Waals surface area contributed by atoms with Crippen LogP contribution in [-0.2, 0) is 29.0 Å². The van der Waals surface area contributed by atoms with Gasteiger partial charge in [-0.1, -0.05) is 0 Å². The maximum Gasteiger partial charge on any atom is 0.329 e. The van der Waals surface area contributed by atoms with Crippen LogP contribution in [0, 0.1) is 10.1 Å². The zero-order valence-corrected chi connectivity index (χ0v) is 14.3. The quantitative estimate of drug-likeness (QED) is 0.307. The third kappa shape index (κ3) is 4.88. The van der Waals surface area contributed by atoms with Gasteiger partial charge in [0.15, 0.2) is 9.84 Å². The fourth-order valence-electron chi connectivity index (χ4n) is 2.22. The predicted molar refractivity (Wildman–Crippen MR) is 80.3 cm³/mol. The number of likely N-dealkylation sites (tertiary alicyclic amines) is 1. The highest BCUT2D eigenvalue weighted by molar-refractivity contribution is 7.92. The Morgan fingerprint density at radius 2 is 1.92 bits per heavy atom. The Morgan fingerprint density at radius 3 is 2.33 bits per heavy atom. The fraction of sp³-hybridized carbons (Fsp3) is 0.750. The van der Waals surface area contributed by atoms with Crippen molar-refractivity contribution < 1.29 is 32.5 Å². The molecule has 0 aliphatic carbocycles. The molecule has 0 saturated carbocycles. The molecule has 1 aliphatic heterocycles. The number of esters is 1. The molecule has 0 aromatic rings. The molecule has 1 atom stereocenters. The monoisotopic (exact) mass is 365 g/mol. The van der Waals surface area contributed by atoms with Gasteiger partial charge in [-0.05, 0) is 0 Å². The minimum Gasteiger partial charge on any atom is -0.467 e. The second-order valence-corrected chi connectivity index (χ2v) is 7.94. The van der Waals surface area contributed by atoms with Gasteiger partial charge < -0.3 is 15.0 Å². The summed E-state index contributed by atoms with van der Waals surface area (Å²) in [6, 6.07) is -1.43. The highest BCUT2D eigenvalue weighted by atomic mass is 32.2. The van der Waals surface area contributed by atoms with Crippen molar-refractivity contribution in [2.75, 3.05) is 31.7 Å². The number of nitrogens with zero attached hydrogens (tertiary/aromatic N) is 2. The van der Waals surface area contributed by atoms with Crippen molar-refractivity contribution in [2.24, 2.45) is 0 Å². The van der Waals surface area contributed by atoms with Gasteiger partial charge in [0, 0.05) is 18.8 Å². The molecule has 1 N–H and O–H groups in total. The first kappa shape index (κ1) is 19.8. The fourth-order valence-corrected chi connectivity index (χ4v) is 3.62. The van der Waals surface area contributed by atoms with E-state index >= 15 is 0 Å². The SMILES string of the molecule is COC(=O)[C@H](CS(=O)(=O)CC(=O)N1CC(C)([N+](=O)[O-])C1)NC(C)=O. The molecule has 0 unspecified atom stereocenters. The zero-order valence-electron chi connectivity index (χ0n) is 13.5. The van der Waals surface area contributed by atoms with E-state index in [0.717, 1.165) is 18.9 Å². The van der Waals surface area contributed by atoms with E-state index in [4.69, 9.17) is 0 Å². The highest BCUT2D eigenvalue weighted by Gasteiger charge is 2.52. The molecule has 12 heteroatoms. The number of carbonyl (C=O) groups excluding carboxylic acids is 3. The zero-order chi connectivity index (χ0) is 18.7. The van der Waals surface area contributed by atoms with Crippen molar-refractivity contribution >= 4 is 27.6 Å². The van der Waals surface area contributed by atoms with Crippen LogP contribution in [-0.4, -0.2) is 79.3 Å². The molecule has 0 aromatic heterocycles. The molecule has 1 rings (SSSR count). The van der Waals surface area contributed by atoms with Gasteiger partial charge in [-0.15, -0.1) is 0 Å². The molecule has 11 nitrogen and oxygen atoms in total. The summed E-state index contributed by atoms with van der Waals surface area (Å²) in [5.41, 5.74) is -1.27. The third-order valence-corrected chi connectivity index (χ3v) is 5.01. The molecule has 136 valence electrons. The first-order valence-electron chi connectivity index (χ1n) is 6.88. The maximum absolute atomic E-state index is 12.1. The standard InChI is InChI=1S/C12H19N3O8S/c1-8(16)13-9(11(18)23-3)4-24(21,22)5-10(17)14-6-12(2,7-14)15(19)20/h9H,4-7H2,1-3H3,(H,13,16)/t9-/m0/s1. The number of rotatable bonds is 7. The summed E-state index contributed by atoms with van der Waals surface area (Å²) in [7, 11) is -3.00. The van der Waals surface area contributed by atoms with Crippen LogP contribution in [0.4, 0.5) is 0 Å². The van der Waals surface area contributed by atoms with Crippen LogP contribution in [0.1, 0.15) is 13.8 Å². The second kappa shape index (κ2) is 7.11. The Balaban J connectivity index is 2.68. The van der Waals surface area contributed by atoms with Crippen LogP contribution in [0.15, 0.2) is 0 Å². The number of amides is 2. The van der Waals surface area contributed by atoms with Gasteiger partial charge >= 0.3 is 5.97 Å². The molecule has 1 heterocycles. The van der Waals surface area contributed by atoms with Crippen molar-refractivity contribution in [1.82, 2.24) is 10.2 Å². The number of methoxy groups -OCH3 is 1. The van der Waals surface area contributed by atoms with Crippen LogP contribution in [0.5, 0.6) is 0 Å². The molecule has 0 aromatic carbocycles. The molecule has 1 fully saturated rings.